The Morgan fingerprint density at radius 2 is 1.86 bits per heavy atom. The van der Waals surface area contributed by atoms with Crippen LogP contribution < -0.4 is 4.72 Å². The summed E-state index contributed by atoms with van der Waals surface area (Å²) < 4.78 is 34.8. The minimum atomic E-state index is -3.42. The van der Waals surface area contributed by atoms with Crippen LogP contribution in [0.15, 0.2) is 0 Å². The van der Waals surface area contributed by atoms with Gasteiger partial charge in [0.1, 0.15) is 0 Å². The normalized spacial score (nSPS) is 29.6. The summed E-state index contributed by atoms with van der Waals surface area (Å²) in [4.78, 5) is 2.33. The summed E-state index contributed by atoms with van der Waals surface area (Å²) in [6, 6.07) is 0.504. The Bertz CT molecular complexity index is 435. The largest absolute Gasteiger partial charge is 0.381 e. The predicted octanol–water partition coefficient (Wildman–Crippen LogP) is 0.660. The van der Waals surface area contributed by atoms with E-state index in [0.29, 0.717) is 25.2 Å². The second-order valence-electron chi connectivity index (χ2n) is 6.61. The molecule has 2 saturated heterocycles. The van der Waals surface area contributed by atoms with E-state index in [9.17, 15) is 8.42 Å². The molecule has 0 aromatic heterocycles. The van der Waals surface area contributed by atoms with Crippen molar-refractivity contribution in [2.45, 2.75) is 51.7 Å². The molecule has 0 aromatic carbocycles. The van der Waals surface area contributed by atoms with E-state index >= 15 is 0 Å². The Kier molecular flexibility index (Phi) is 5.65. The molecule has 2 atom stereocenters. The van der Waals surface area contributed by atoms with Crippen LogP contribution in [-0.2, 0) is 14.9 Å². The number of nitrogens with zero attached hydrogens (tertiary/aromatic N) is 2. The summed E-state index contributed by atoms with van der Waals surface area (Å²) in [6.07, 6.45) is 1.55. The van der Waals surface area contributed by atoms with Crippen molar-refractivity contribution in [2.75, 3.05) is 33.4 Å². The summed E-state index contributed by atoms with van der Waals surface area (Å²) in [5.74, 6) is 0.338. The van der Waals surface area contributed by atoms with Crippen LogP contribution in [0, 0.1) is 5.92 Å². The highest BCUT2D eigenvalue weighted by Crippen LogP contribution is 2.21. The highest BCUT2D eigenvalue weighted by molar-refractivity contribution is 7.87. The van der Waals surface area contributed by atoms with Gasteiger partial charge in [-0.05, 0) is 32.6 Å². The maximum absolute atomic E-state index is 12.6. The first kappa shape index (κ1) is 17.1. The minimum absolute atomic E-state index is 0.000287. The van der Waals surface area contributed by atoms with Crippen LogP contribution in [0.1, 0.15) is 33.6 Å². The molecule has 21 heavy (non-hydrogen) atoms. The van der Waals surface area contributed by atoms with Crippen LogP contribution in [0.2, 0.25) is 0 Å². The molecule has 2 aliphatic heterocycles. The second kappa shape index (κ2) is 6.91. The number of rotatable bonds is 5. The summed E-state index contributed by atoms with van der Waals surface area (Å²) in [6.45, 7) is 9.45. The van der Waals surface area contributed by atoms with Gasteiger partial charge in [-0.2, -0.15) is 17.4 Å². The van der Waals surface area contributed by atoms with E-state index in [1.165, 1.54) is 4.31 Å². The molecule has 0 radical (unpaired) electrons. The fraction of sp³-hybridized carbons (Fsp3) is 1.00. The lowest BCUT2D eigenvalue weighted by Gasteiger charge is -2.31. The number of hydrogen-bond donors (Lipinski definition) is 1. The Hall–Kier alpha value is -0.210. The van der Waals surface area contributed by atoms with Crippen LogP contribution in [0.5, 0.6) is 0 Å². The number of ether oxygens (including phenoxy) is 1. The van der Waals surface area contributed by atoms with Gasteiger partial charge in [0, 0.05) is 51.5 Å². The molecule has 0 saturated carbocycles. The van der Waals surface area contributed by atoms with Gasteiger partial charge in [-0.15, -0.1) is 0 Å². The van der Waals surface area contributed by atoms with Gasteiger partial charge in [0.05, 0.1) is 0 Å². The first-order valence-corrected chi connectivity index (χ1v) is 9.32. The fourth-order valence-electron chi connectivity index (χ4n) is 3.10. The standard InChI is InChI=1S/C14H29N3O3S/c1-11(2)17-9-12(3)14(10-17)15-21(18,19)16(4)13-5-7-20-8-6-13/h11-15H,5-10H2,1-4H3/t12-,14-/m0/s1. The molecule has 7 heteroatoms. The highest BCUT2D eigenvalue weighted by atomic mass is 32.2. The lowest BCUT2D eigenvalue weighted by atomic mass is 10.1. The molecular formula is C14H29N3O3S. The van der Waals surface area contributed by atoms with E-state index in [-0.39, 0.29) is 12.1 Å². The van der Waals surface area contributed by atoms with Gasteiger partial charge in [0.15, 0.2) is 0 Å². The van der Waals surface area contributed by atoms with E-state index in [1.807, 2.05) is 0 Å². The Balaban J connectivity index is 1.97. The third-order valence-corrected chi connectivity index (χ3v) is 6.41. The highest BCUT2D eigenvalue weighted by Gasteiger charge is 2.36. The first-order chi connectivity index (χ1) is 9.81. The monoisotopic (exact) mass is 319 g/mol. The van der Waals surface area contributed by atoms with Crippen molar-refractivity contribution in [1.29, 1.82) is 0 Å². The summed E-state index contributed by atoms with van der Waals surface area (Å²) in [7, 11) is -1.75. The molecule has 6 nitrogen and oxygen atoms in total. The van der Waals surface area contributed by atoms with Crippen LogP contribution in [0.3, 0.4) is 0 Å². The van der Waals surface area contributed by atoms with Gasteiger partial charge in [-0.1, -0.05) is 6.92 Å². The Labute approximate surface area is 129 Å². The van der Waals surface area contributed by atoms with Crippen molar-refractivity contribution in [1.82, 2.24) is 13.9 Å². The molecule has 2 fully saturated rings. The maximum Gasteiger partial charge on any atom is 0.279 e. The van der Waals surface area contributed by atoms with Gasteiger partial charge >= 0.3 is 0 Å². The molecule has 0 aromatic rings. The van der Waals surface area contributed by atoms with E-state index < -0.39 is 10.2 Å². The van der Waals surface area contributed by atoms with Gasteiger partial charge in [0.2, 0.25) is 0 Å². The summed E-state index contributed by atoms with van der Waals surface area (Å²) in [5, 5.41) is 0. The van der Waals surface area contributed by atoms with Gasteiger partial charge in [-0.3, -0.25) is 4.90 Å². The average Bonchev–Trinajstić information content (AvgIpc) is 2.80. The van der Waals surface area contributed by atoms with Crippen LogP contribution in [-0.4, -0.2) is 69.1 Å². The molecule has 1 N–H and O–H groups in total. The van der Waals surface area contributed by atoms with Crippen molar-refractivity contribution in [3.05, 3.63) is 0 Å². The second-order valence-corrected chi connectivity index (χ2v) is 8.38. The molecule has 124 valence electrons. The number of likely N-dealkylation sites (tertiary alicyclic amines) is 1. The van der Waals surface area contributed by atoms with Crippen molar-refractivity contribution in [3.8, 4) is 0 Å². The zero-order valence-electron chi connectivity index (χ0n) is 13.6. The predicted molar refractivity (Wildman–Crippen MR) is 83.3 cm³/mol. The molecular weight excluding hydrogens is 290 g/mol. The lowest BCUT2D eigenvalue weighted by molar-refractivity contribution is 0.0628. The quantitative estimate of drug-likeness (QED) is 0.809. The van der Waals surface area contributed by atoms with Gasteiger partial charge < -0.3 is 4.74 Å². The van der Waals surface area contributed by atoms with E-state index in [4.69, 9.17) is 4.74 Å². The molecule has 2 heterocycles. The van der Waals surface area contributed by atoms with E-state index in [2.05, 4.69) is 30.4 Å². The van der Waals surface area contributed by atoms with Crippen LogP contribution >= 0.6 is 0 Å². The van der Waals surface area contributed by atoms with Crippen molar-refractivity contribution >= 4 is 10.2 Å². The zero-order chi connectivity index (χ0) is 15.6. The summed E-state index contributed by atoms with van der Waals surface area (Å²) in [5.41, 5.74) is 0. The SMILES string of the molecule is CC(C)N1C[C@H](NS(=O)(=O)N(C)C2CCOCC2)[C@@H](C)C1. The topological polar surface area (TPSA) is 61.9 Å². The average molecular weight is 319 g/mol. The Morgan fingerprint density at radius 3 is 2.38 bits per heavy atom. The van der Waals surface area contributed by atoms with E-state index in [1.54, 1.807) is 7.05 Å². The minimum Gasteiger partial charge on any atom is -0.381 e. The molecule has 0 unspecified atom stereocenters. The van der Waals surface area contributed by atoms with Crippen molar-refractivity contribution < 1.29 is 13.2 Å². The Morgan fingerprint density at radius 1 is 1.24 bits per heavy atom. The van der Waals surface area contributed by atoms with Crippen molar-refractivity contribution in [2.24, 2.45) is 5.92 Å². The first-order valence-electron chi connectivity index (χ1n) is 7.88. The summed E-state index contributed by atoms with van der Waals surface area (Å²) >= 11 is 0. The molecule has 0 spiro atoms. The lowest BCUT2D eigenvalue weighted by Crippen LogP contribution is -2.51. The molecule has 0 amide bonds. The third-order valence-electron chi connectivity index (χ3n) is 4.76. The molecule has 2 aliphatic rings. The van der Waals surface area contributed by atoms with Crippen LogP contribution in [0.25, 0.3) is 0 Å². The van der Waals surface area contributed by atoms with Gasteiger partial charge in [0.25, 0.3) is 10.2 Å². The smallest absolute Gasteiger partial charge is 0.279 e. The molecule has 0 bridgehead atoms. The number of hydrogen-bond acceptors (Lipinski definition) is 4. The zero-order valence-corrected chi connectivity index (χ0v) is 14.4. The maximum atomic E-state index is 12.6. The van der Waals surface area contributed by atoms with Crippen LogP contribution in [0.4, 0.5) is 0 Å². The van der Waals surface area contributed by atoms with E-state index in [0.717, 1.165) is 25.9 Å². The third kappa shape index (κ3) is 4.16. The fourth-order valence-corrected chi connectivity index (χ4v) is 4.56. The van der Waals surface area contributed by atoms with Crippen molar-refractivity contribution in [3.63, 3.8) is 0 Å². The molecule has 0 aliphatic carbocycles. The number of nitrogens with one attached hydrogen (secondary N) is 1. The molecule has 2 rings (SSSR count). The van der Waals surface area contributed by atoms with Gasteiger partial charge in [-0.25, -0.2) is 0 Å².